The third kappa shape index (κ3) is 1.42. The van der Waals surface area contributed by atoms with Crippen LogP contribution in [0.5, 0.6) is 0 Å². The van der Waals surface area contributed by atoms with Crippen molar-refractivity contribution in [1.29, 1.82) is 0 Å². The molecule has 0 bridgehead atoms. The number of nitrogens with zero attached hydrogens (tertiary/aromatic N) is 1. The Labute approximate surface area is 75.3 Å². The molecular weight excluding hydrogens is 177 g/mol. The third-order valence-electron chi connectivity index (χ3n) is 2.47. The molecule has 0 aromatic heterocycles. The minimum Gasteiger partial charge on any atom is -0.391 e. The Kier molecular flexibility index (Phi) is 2.21. The van der Waals surface area contributed by atoms with E-state index in [2.05, 4.69) is 5.16 Å². The molecular formula is C8H12FNO3. The summed E-state index contributed by atoms with van der Waals surface area (Å²) in [5.41, 5.74) is 0.254. The number of hydrogen-bond acceptors (Lipinski definition) is 4. The van der Waals surface area contributed by atoms with Gasteiger partial charge in [0.1, 0.15) is 18.5 Å². The van der Waals surface area contributed by atoms with Crippen molar-refractivity contribution in [3.8, 4) is 0 Å². The first kappa shape index (κ1) is 8.90. The van der Waals surface area contributed by atoms with Gasteiger partial charge < -0.3 is 14.7 Å². The molecule has 0 amide bonds. The van der Waals surface area contributed by atoms with Crippen LogP contribution < -0.4 is 0 Å². The van der Waals surface area contributed by atoms with Crippen molar-refractivity contribution in [2.45, 2.75) is 31.8 Å². The van der Waals surface area contributed by atoms with Crippen LogP contribution in [0.1, 0.15) is 13.3 Å². The van der Waals surface area contributed by atoms with Crippen molar-refractivity contribution in [3.63, 3.8) is 0 Å². The Balaban J connectivity index is 2.12. The maximum Gasteiger partial charge on any atom is 0.166 e. The van der Waals surface area contributed by atoms with Gasteiger partial charge >= 0.3 is 0 Å². The summed E-state index contributed by atoms with van der Waals surface area (Å²) in [6.45, 7) is 1.16. The van der Waals surface area contributed by atoms with Crippen LogP contribution in [-0.4, -0.2) is 36.0 Å². The summed E-state index contributed by atoms with van der Waals surface area (Å²) in [6.07, 6.45) is -0.616. The highest BCUT2D eigenvalue weighted by molar-refractivity contribution is 5.89. The molecule has 1 fully saturated rings. The van der Waals surface area contributed by atoms with Gasteiger partial charge in [0.15, 0.2) is 6.29 Å². The molecule has 0 radical (unpaired) electrons. The van der Waals surface area contributed by atoms with Crippen molar-refractivity contribution in [3.05, 3.63) is 0 Å². The minimum atomic E-state index is -0.981. The number of hydrogen-bond donors (Lipinski definition) is 1. The largest absolute Gasteiger partial charge is 0.391 e. The molecule has 1 saturated heterocycles. The minimum absolute atomic E-state index is 0.0644. The van der Waals surface area contributed by atoms with Gasteiger partial charge in [-0.15, -0.1) is 0 Å². The lowest BCUT2D eigenvalue weighted by Gasteiger charge is -2.32. The van der Waals surface area contributed by atoms with Crippen LogP contribution >= 0.6 is 0 Å². The van der Waals surface area contributed by atoms with Crippen molar-refractivity contribution >= 4 is 5.71 Å². The fourth-order valence-electron chi connectivity index (χ4n) is 1.83. The van der Waals surface area contributed by atoms with Crippen LogP contribution in [0.25, 0.3) is 0 Å². The van der Waals surface area contributed by atoms with E-state index in [0.29, 0.717) is 6.42 Å². The highest BCUT2D eigenvalue weighted by Crippen LogP contribution is 2.32. The Morgan fingerprint density at radius 3 is 3.15 bits per heavy atom. The van der Waals surface area contributed by atoms with Gasteiger partial charge in [0.25, 0.3) is 0 Å². The van der Waals surface area contributed by atoms with Crippen molar-refractivity contribution < 1.29 is 19.1 Å². The SMILES string of the molecule is C[C@@H]1C[C@H]2ON=C(CF)C2[C@@H](O)O1. The quantitative estimate of drug-likeness (QED) is 0.651. The molecule has 2 aliphatic rings. The Bertz CT molecular complexity index is 233. The van der Waals surface area contributed by atoms with Gasteiger partial charge in [-0.1, -0.05) is 5.16 Å². The Hall–Kier alpha value is -0.680. The molecule has 1 unspecified atom stereocenters. The van der Waals surface area contributed by atoms with E-state index in [1.165, 1.54) is 0 Å². The zero-order chi connectivity index (χ0) is 9.42. The predicted octanol–water partition coefficient (Wildman–Crippen LogP) is 0.454. The number of alkyl halides is 1. The molecule has 2 heterocycles. The second-order valence-electron chi connectivity index (χ2n) is 3.46. The first-order valence-electron chi connectivity index (χ1n) is 4.34. The van der Waals surface area contributed by atoms with Crippen LogP contribution in [-0.2, 0) is 9.57 Å². The molecule has 74 valence electrons. The number of rotatable bonds is 1. The lowest BCUT2D eigenvalue weighted by molar-refractivity contribution is -0.203. The molecule has 4 nitrogen and oxygen atoms in total. The van der Waals surface area contributed by atoms with Crippen molar-refractivity contribution in [2.75, 3.05) is 6.67 Å². The topological polar surface area (TPSA) is 51.0 Å². The van der Waals surface area contributed by atoms with Crippen LogP contribution in [0.2, 0.25) is 0 Å². The summed E-state index contributed by atoms with van der Waals surface area (Å²) in [5, 5.41) is 13.1. The van der Waals surface area contributed by atoms with Gasteiger partial charge in [0, 0.05) is 6.42 Å². The van der Waals surface area contributed by atoms with Crippen molar-refractivity contribution in [2.24, 2.45) is 11.1 Å². The molecule has 13 heavy (non-hydrogen) atoms. The molecule has 2 aliphatic heterocycles. The maximum atomic E-state index is 12.4. The van der Waals surface area contributed by atoms with E-state index in [0.717, 1.165) is 0 Å². The number of ether oxygens (including phenoxy) is 1. The molecule has 2 rings (SSSR count). The molecule has 0 aliphatic carbocycles. The third-order valence-corrected chi connectivity index (χ3v) is 2.47. The fourth-order valence-corrected chi connectivity index (χ4v) is 1.83. The van der Waals surface area contributed by atoms with E-state index >= 15 is 0 Å². The van der Waals surface area contributed by atoms with Gasteiger partial charge in [0.2, 0.25) is 0 Å². The van der Waals surface area contributed by atoms with Crippen molar-refractivity contribution in [1.82, 2.24) is 0 Å². The predicted molar refractivity (Wildman–Crippen MR) is 42.9 cm³/mol. The van der Waals surface area contributed by atoms with Crippen LogP contribution in [0, 0.1) is 5.92 Å². The second kappa shape index (κ2) is 3.23. The van der Waals surface area contributed by atoms with E-state index in [1.807, 2.05) is 6.92 Å². The van der Waals surface area contributed by atoms with E-state index in [9.17, 15) is 9.50 Å². The summed E-state index contributed by atoms with van der Waals surface area (Å²) in [4.78, 5) is 5.01. The first-order chi connectivity index (χ1) is 6.22. The van der Waals surface area contributed by atoms with Crippen LogP contribution in [0.4, 0.5) is 4.39 Å². The summed E-state index contributed by atoms with van der Waals surface area (Å²) in [5.74, 6) is -0.416. The summed E-state index contributed by atoms with van der Waals surface area (Å²) >= 11 is 0. The smallest absolute Gasteiger partial charge is 0.166 e. The molecule has 0 aromatic rings. The molecule has 0 aromatic carbocycles. The van der Waals surface area contributed by atoms with E-state index in [4.69, 9.17) is 9.57 Å². The Morgan fingerprint density at radius 1 is 1.69 bits per heavy atom. The highest BCUT2D eigenvalue weighted by Gasteiger charge is 2.44. The monoisotopic (exact) mass is 189 g/mol. The van der Waals surface area contributed by atoms with Gasteiger partial charge in [0.05, 0.1) is 12.0 Å². The van der Waals surface area contributed by atoms with E-state index in [1.54, 1.807) is 0 Å². The normalized spacial score (nSPS) is 43.8. The molecule has 0 saturated carbocycles. The summed E-state index contributed by atoms with van der Waals surface area (Å²) in [7, 11) is 0. The Morgan fingerprint density at radius 2 is 2.46 bits per heavy atom. The molecule has 0 spiro atoms. The molecule has 4 atom stereocenters. The summed E-state index contributed by atoms with van der Waals surface area (Å²) < 4.78 is 17.5. The molecule has 5 heteroatoms. The number of oxime groups is 1. The van der Waals surface area contributed by atoms with Gasteiger partial charge in [-0.05, 0) is 6.92 Å². The van der Waals surface area contributed by atoms with E-state index < -0.39 is 18.9 Å². The summed E-state index contributed by atoms with van der Waals surface area (Å²) in [6, 6.07) is 0. The van der Waals surface area contributed by atoms with Gasteiger partial charge in [-0.25, -0.2) is 4.39 Å². The number of aliphatic hydroxyl groups excluding tert-OH is 1. The van der Waals surface area contributed by atoms with Crippen LogP contribution in [0.15, 0.2) is 5.16 Å². The second-order valence-corrected chi connectivity index (χ2v) is 3.46. The molecule has 1 N–H and O–H groups in total. The van der Waals surface area contributed by atoms with E-state index in [-0.39, 0.29) is 17.9 Å². The van der Waals surface area contributed by atoms with Crippen LogP contribution in [0.3, 0.4) is 0 Å². The van der Waals surface area contributed by atoms with Gasteiger partial charge in [-0.2, -0.15) is 0 Å². The zero-order valence-electron chi connectivity index (χ0n) is 7.31. The lowest BCUT2D eigenvalue weighted by Crippen LogP contribution is -2.45. The first-order valence-corrected chi connectivity index (χ1v) is 4.34. The van der Waals surface area contributed by atoms with Gasteiger partial charge in [-0.3, -0.25) is 0 Å². The number of halogens is 1. The number of aliphatic hydroxyl groups is 1. The fraction of sp³-hybridized carbons (Fsp3) is 0.875. The average Bonchev–Trinajstić information content (AvgIpc) is 2.47. The maximum absolute atomic E-state index is 12.4. The average molecular weight is 189 g/mol. The zero-order valence-corrected chi connectivity index (χ0v) is 7.31. The highest BCUT2D eigenvalue weighted by atomic mass is 19.1. The number of fused-ring (bicyclic) bond motifs is 1. The standard InChI is InChI=1S/C8H12FNO3/c1-4-2-6-7(8(11)12-4)5(3-9)10-13-6/h4,6-8,11H,2-3H2,1H3/t4-,6-,7?,8+/m1/s1. The lowest BCUT2D eigenvalue weighted by atomic mass is 9.91.